The highest BCUT2D eigenvalue weighted by molar-refractivity contribution is 5.84. The number of carbonyl (C=O) groups is 1. The molecule has 0 spiro atoms. The first-order chi connectivity index (χ1) is 9.22. The largest absolute Gasteiger partial charge is 0.453 e. The van der Waals surface area contributed by atoms with E-state index >= 15 is 0 Å². The molecule has 1 aliphatic carbocycles. The zero-order chi connectivity index (χ0) is 13.7. The summed E-state index contributed by atoms with van der Waals surface area (Å²) < 4.78 is 4.54. The summed E-state index contributed by atoms with van der Waals surface area (Å²) >= 11 is 0. The van der Waals surface area contributed by atoms with Gasteiger partial charge < -0.3 is 15.8 Å². The maximum absolute atomic E-state index is 11.1. The van der Waals surface area contributed by atoms with Gasteiger partial charge in [0.1, 0.15) is 0 Å². The molecule has 2 unspecified atom stereocenters. The van der Waals surface area contributed by atoms with Crippen LogP contribution < -0.4 is 16.4 Å². The van der Waals surface area contributed by atoms with Gasteiger partial charge in [-0.15, -0.1) is 0 Å². The SMILES string of the molecule is COC(=O)Nc1ccc(NC2CCCC2CN)cc1. The van der Waals surface area contributed by atoms with Crippen LogP contribution in [0.4, 0.5) is 16.2 Å². The molecule has 4 N–H and O–H groups in total. The summed E-state index contributed by atoms with van der Waals surface area (Å²) in [6.45, 7) is 0.736. The van der Waals surface area contributed by atoms with Gasteiger partial charge in [-0.05, 0) is 49.6 Å². The number of hydrogen-bond acceptors (Lipinski definition) is 4. The minimum atomic E-state index is -0.459. The van der Waals surface area contributed by atoms with E-state index in [1.165, 1.54) is 26.4 Å². The van der Waals surface area contributed by atoms with Crippen molar-refractivity contribution in [2.24, 2.45) is 11.7 Å². The third-order valence-corrected chi connectivity index (χ3v) is 3.63. The third-order valence-electron chi connectivity index (χ3n) is 3.63. The van der Waals surface area contributed by atoms with Gasteiger partial charge in [0.05, 0.1) is 7.11 Å². The lowest BCUT2D eigenvalue weighted by Gasteiger charge is -2.20. The Balaban J connectivity index is 1.93. The highest BCUT2D eigenvalue weighted by atomic mass is 16.5. The predicted molar refractivity (Wildman–Crippen MR) is 76.3 cm³/mol. The van der Waals surface area contributed by atoms with Crippen LogP contribution in [0.3, 0.4) is 0 Å². The molecule has 0 aliphatic heterocycles. The van der Waals surface area contributed by atoms with E-state index in [1.54, 1.807) is 0 Å². The average molecular weight is 263 g/mol. The number of benzene rings is 1. The molecule has 1 fully saturated rings. The lowest BCUT2D eigenvalue weighted by molar-refractivity contribution is 0.187. The van der Waals surface area contributed by atoms with E-state index in [9.17, 15) is 4.79 Å². The van der Waals surface area contributed by atoms with Gasteiger partial charge in [0, 0.05) is 17.4 Å². The minimum absolute atomic E-state index is 0.459. The predicted octanol–water partition coefficient (Wildman–Crippen LogP) is 2.40. The van der Waals surface area contributed by atoms with E-state index < -0.39 is 6.09 Å². The summed E-state index contributed by atoms with van der Waals surface area (Å²) in [6.07, 6.45) is 3.15. The van der Waals surface area contributed by atoms with Gasteiger partial charge in [-0.3, -0.25) is 5.32 Å². The van der Waals surface area contributed by atoms with Gasteiger partial charge in [0.2, 0.25) is 0 Å². The number of methoxy groups -OCH3 is 1. The fourth-order valence-electron chi connectivity index (χ4n) is 2.54. The van der Waals surface area contributed by atoms with Gasteiger partial charge in [0.15, 0.2) is 0 Å². The fourth-order valence-corrected chi connectivity index (χ4v) is 2.54. The van der Waals surface area contributed by atoms with Crippen LogP contribution in [0.25, 0.3) is 0 Å². The zero-order valence-corrected chi connectivity index (χ0v) is 11.2. The Bertz CT molecular complexity index is 419. The fraction of sp³-hybridized carbons (Fsp3) is 0.500. The Kier molecular flexibility index (Phi) is 4.63. The van der Waals surface area contributed by atoms with Crippen LogP contribution in [0, 0.1) is 5.92 Å². The van der Waals surface area contributed by atoms with Gasteiger partial charge in [0.25, 0.3) is 0 Å². The van der Waals surface area contributed by atoms with E-state index in [0.29, 0.717) is 12.0 Å². The number of hydrogen-bond donors (Lipinski definition) is 3. The van der Waals surface area contributed by atoms with Gasteiger partial charge in [-0.25, -0.2) is 4.79 Å². The molecule has 5 heteroatoms. The van der Waals surface area contributed by atoms with Crippen molar-refractivity contribution in [3.63, 3.8) is 0 Å². The van der Waals surface area contributed by atoms with E-state index in [-0.39, 0.29) is 0 Å². The summed E-state index contributed by atoms with van der Waals surface area (Å²) in [5.41, 5.74) is 7.55. The Morgan fingerprint density at radius 1 is 1.32 bits per heavy atom. The Hall–Kier alpha value is -1.75. The van der Waals surface area contributed by atoms with Crippen molar-refractivity contribution < 1.29 is 9.53 Å². The molecule has 2 rings (SSSR count). The second-order valence-electron chi connectivity index (χ2n) is 4.87. The van der Waals surface area contributed by atoms with Crippen LogP contribution in [0.15, 0.2) is 24.3 Å². The number of nitrogens with one attached hydrogen (secondary N) is 2. The summed E-state index contributed by atoms with van der Waals surface area (Å²) in [6, 6.07) is 8.08. The zero-order valence-electron chi connectivity index (χ0n) is 11.2. The lowest BCUT2D eigenvalue weighted by Crippen LogP contribution is -2.29. The summed E-state index contributed by atoms with van der Waals surface area (Å²) in [7, 11) is 1.35. The second kappa shape index (κ2) is 6.43. The van der Waals surface area contributed by atoms with E-state index in [4.69, 9.17) is 5.73 Å². The normalized spacial score (nSPS) is 22.0. The first-order valence-corrected chi connectivity index (χ1v) is 6.64. The van der Waals surface area contributed by atoms with E-state index in [2.05, 4.69) is 15.4 Å². The lowest BCUT2D eigenvalue weighted by atomic mass is 10.0. The van der Waals surface area contributed by atoms with E-state index in [1.807, 2.05) is 24.3 Å². The number of carbonyl (C=O) groups excluding carboxylic acids is 1. The molecule has 1 amide bonds. The van der Waals surface area contributed by atoms with Crippen molar-refractivity contribution in [3.8, 4) is 0 Å². The van der Waals surface area contributed by atoms with Gasteiger partial charge in [-0.1, -0.05) is 6.42 Å². The van der Waals surface area contributed by atoms with Crippen LogP contribution in [0.5, 0.6) is 0 Å². The average Bonchev–Trinajstić information content (AvgIpc) is 2.88. The number of rotatable bonds is 4. The van der Waals surface area contributed by atoms with Crippen LogP contribution in [0.2, 0.25) is 0 Å². The molecule has 5 nitrogen and oxygen atoms in total. The second-order valence-corrected chi connectivity index (χ2v) is 4.87. The maximum Gasteiger partial charge on any atom is 0.411 e. The molecule has 104 valence electrons. The van der Waals surface area contributed by atoms with Crippen LogP contribution in [-0.4, -0.2) is 25.8 Å². The molecule has 0 bridgehead atoms. The molecular weight excluding hydrogens is 242 g/mol. The third kappa shape index (κ3) is 3.61. The summed E-state index contributed by atoms with van der Waals surface area (Å²) in [4.78, 5) is 11.1. The molecule has 19 heavy (non-hydrogen) atoms. The van der Waals surface area contributed by atoms with Crippen LogP contribution in [0.1, 0.15) is 19.3 Å². The van der Waals surface area contributed by atoms with Crippen molar-refractivity contribution in [1.82, 2.24) is 0 Å². The summed E-state index contributed by atoms with van der Waals surface area (Å²) in [5, 5.41) is 6.14. The van der Waals surface area contributed by atoms with Crippen molar-refractivity contribution in [3.05, 3.63) is 24.3 Å². The Labute approximate surface area is 113 Å². The highest BCUT2D eigenvalue weighted by Crippen LogP contribution is 2.28. The molecule has 0 radical (unpaired) electrons. The Morgan fingerprint density at radius 3 is 2.63 bits per heavy atom. The van der Waals surface area contributed by atoms with Gasteiger partial charge >= 0.3 is 6.09 Å². The smallest absolute Gasteiger partial charge is 0.411 e. The highest BCUT2D eigenvalue weighted by Gasteiger charge is 2.25. The molecule has 1 saturated carbocycles. The van der Waals surface area contributed by atoms with Crippen LogP contribution in [-0.2, 0) is 4.74 Å². The molecule has 1 aromatic rings. The minimum Gasteiger partial charge on any atom is -0.453 e. The molecule has 0 saturated heterocycles. The first-order valence-electron chi connectivity index (χ1n) is 6.64. The number of nitrogens with two attached hydrogens (primary N) is 1. The van der Waals surface area contributed by atoms with Crippen molar-refractivity contribution in [2.75, 3.05) is 24.3 Å². The maximum atomic E-state index is 11.1. The van der Waals surface area contributed by atoms with Crippen molar-refractivity contribution in [1.29, 1.82) is 0 Å². The van der Waals surface area contributed by atoms with Crippen LogP contribution >= 0.6 is 0 Å². The van der Waals surface area contributed by atoms with Crippen molar-refractivity contribution in [2.45, 2.75) is 25.3 Å². The quantitative estimate of drug-likeness (QED) is 0.779. The Morgan fingerprint density at radius 2 is 2.00 bits per heavy atom. The number of amides is 1. The first kappa shape index (κ1) is 13.7. The topological polar surface area (TPSA) is 76.4 Å². The molecule has 2 atom stereocenters. The number of anilines is 2. The van der Waals surface area contributed by atoms with Gasteiger partial charge in [-0.2, -0.15) is 0 Å². The molecule has 1 aliphatic rings. The molecule has 0 heterocycles. The summed E-state index contributed by atoms with van der Waals surface area (Å²) in [5.74, 6) is 0.563. The number of ether oxygens (including phenoxy) is 1. The molecular formula is C14H21N3O2. The van der Waals surface area contributed by atoms with Crippen molar-refractivity contribution >= 4 is 17.5 Å². The monoisotopic (exact) mass is 263 g/mol. The van der Waals surface area contributed by atoms with E-state index in [0.717, 1.165) is 17.9 Å². The molecule has 0 aromatic heterocycles. The molecule has 1 aromatic carbocycles. The standard InChI is InChI=1S/C14H21N3O2/c1-19-14(18)17-12-7-5-11(6-8-12)16-13-4-2-3-10(13)9-15/h5-8,10,13,16H,2-4,9,15H2,1H3,(H,17,18).